The fourth-order valence-electron chi connectivity index (χ4n) is 2.01. The van der Waals surface area contributed by atoms with Crippen molar-refractivity contribution in [2.45, 2.75) is 18.7 Å². The summed E-state index contributed by atoms with van der Waals surface area (Å²) in [6.45, 7) is 1.72. The Morgan fingerprint density at radius 2 is 2.05 bits per heavy atom. The molecule has 5 heteroatoms. The third kappa shape index (κ3) is 4.93. The van der Waals surface area contributed by atoms with Crippen molar-refractivity contribution < 1.29 is 14.3 Å². The molecule has 2 N–H and O–H groups in total. The average molecular weight is 319 g/mol. The molecular weight excluding hydrogens is 298 g/mol. The maximum absolute atomic E-state index is 12.2. The van der Waals surface area contributed by atoms with Gasteiger partial charge in [-0.25, -0.2) is 0 Å². The number of aliphatic hydroxyl groups is 1. The fraction of sp³-hybridized carbons (Fsp3) is 0.353. The number of amides is 1. The maximum Gasteiger partial charge on any atom is 0.224 e. The van der Waals surface area contributed by atoms with Crippen LogP contribution in [0.25, 0.3) is 0 Å². The van der Waals surface area contributed by atoms with Crippen molar-refractivity contribution in [2.75, 3.05) is 12.4 Å². The van der Waals surface area contributed by atoms with Crippen molar-refractivity contribution in [3.05, 3.63) is 60.1 Å². The van der Waals surface area contributed by atoms with E-state index < -0.39 is 6.04 Å². The Balaban J connectivity index is 1.77. The molecule has 1 aromatic heterocycles. The quantitative estimate of drug-likeness (QED) is 0.785. The first kappa shape index (κ1) is 16.6. The van der Waals surface area contributed by atoms with E-state index in [1.165, 1.54) is 11.8 Å². The Kier molecular flexibility index (Phi) is 6.55. The molecule has 0 aliphatic heterocycles. The number of aliphatic hydroxyl groups excluding tert-OH is 1. The lowest BCUT2D eigenvalue weighted by atomic mass is 10.1. The lowest BCUT2D eigenvalue weighted by molar-refractivity contribution is -0.125. The Morgan fingerprint density at radius 3 is 2.68 bits per heavy atom. The minimum absolute atomic E-state index is 0.0731. The third-order valence-electron chi connectivity index (χ3n) is 3.31. The lowest BCUT2D eigenvalue weighted by Gasteiger charge is -2.17. The number of hydrogen-bond acceptors (Lipinski definition) is 4. The zero-order valence-electron chi connectivity index (χ0n) is 12.6. The Hall–Kier alpha value is -1.72. The monoisotopic (exact) mass is 319 g/mol. The molecule has 2 unspecified atom stereocenters. The number of hydrogen-bond donors (Lipinski definition) is 2. The highest BCUT2D eigenvalue weighted by atomic mass is 32.2. The highest BCUT2D eigenvalue weighted by Crippen LogP contribution is 2.17. The predicted octanol–water partition coefficient (Wildman–Crippen LogP) is 3.00. The SMILES string of the molecule is CC(CSCc1ccccc1)C(=O)NC(CO)c1ccco1. The summed E-state index contributed by atoms with van der Waals surface area (Å²) >= 11 is 1.73. The molecule has 0 bridgehead atoms. The third-order valence-corrected chi connectivity index (χ3v) is 4.59. The molecule has 2 atom stereocenters. The van der Waals surface area contributed by atoms with Gasteiger partial charge in [-0.2, -0.15) is 11.8 Å². The summed E-state index contributed by atoms with van der Waals surface area (Å²) < 4.78 is 5.23. The van der Waals surface area contributed by atoms with Crippen molar-refractivity contribution in [2.24, 2.45) is 5.92 Å². The molecule has 4 nitrogen and oxygen atoms in total. The van der Waals surface area contributed by atoms with Crippen molar-refractivity contribution in [3.63, 3.8) is 0 Å². The Labute approximate surface area is 134 Å². The molecule has 0 spiro atoms. The summed E-state index contributed by atoms with van der Waals surface area (Å²) in [6.07, 6.45) is 1.53. The summed E-state index contributed by atoms with van der Waals surface area (Å²) in [5.74, 6) is 1.99. The minimum Gasteiger partial charge on any atom is -0.467 e. The molecule has 0 radical (unpaired) electrons. The maximum atomic E-state index is 12.2. The molecule has 0 fully saturated rings. The minimum atomic E-state index is -0.482. The van der Waals surface area contributed by atoms with E-state index in [9.17, 15) is 9.90 Å². The molecule has 2 rings (SSSR count). The first-order valence-corrected chi connectivity index (χ1v) is 8.42. The van der Waals surface area contributed by atoms with Crippen LogP contribution in [0.4, 0.5) is 0 Å². The Bertz CT molecular complexity index is 557. The molecule has 118 valence electrons. The van der Waals surface area contributed by atoms with Gasteiger partial charge in [0.2, 0.25) is 5.91 Å². The molecule has 1 amide bonds. The summed E-state index contributed by atoms with van der Waals surface area (Å²) in [5.41, 5.74) is 1.25. The van der Waals surface area contributed by atoms with Gasteiger partial charge in [-0.3, -0.25) is 4.79 Å². The average Bonchev–Trinajstić information content (AvgIpc) is 3.07. The first-order valence-electron chi connectivity index (χ1n) is 7.27. The van der Waals surface area contributed by atoms with Gasteiger partial charge >= 0.3 is 0 Å². The zero-order chi connectivity index (χ0) is 15.8. The Morgan fingerprint density at radius 1 is 1.27 bits per heavy atom. The van der Waals surface area contributed by atoms with Crippen molar-refractivity contribution >= 4 is 17.7 Å². The fourth-order valence-corrected chi connectivity index (χ4v) is 3.06. The molecule has 0 saturated heterocycles. The van der Waals surface area contributed by atoms with Gasteiger partial charge in [0.1, 0.15) is 11.8 Å². The molecule has 22 heavy (non-hydrogen) atoms. The van der Waals surface area contributed by atoms with Gasteiger partial charge in [-0.15, -0.1) is 0 Å². The second-order valence-electron chi connectivity index (χ2n) is 5.16. The van der Waals surface area contributed by atoms with Crippen LogP contribution in [0, 0.1) is 5.92 Å². The van der Waals surface area contributed by atoms with E-state index in [-0.39, 0.29) is 18.4 Å². The van der Waals surface area contributed by atoms with Crippen molar-refractivity contribution in [1.29, 1.82) is 0 Å². The number of nitrogens with one attached hydrogen (secondary N) is 1. The van der Waals surface area contributed by atoms with E-state index in [1.54, 1.807) is 23.9 Å². The van der Waals surface area contributed by atoms with Gasteiger partial charge in [-0.1, -0.05) is 37.3 Å². The first-order chi connectivity index (χ1) is 10.7. The van der Waals surface area contributed by atoms with Gasteiger partial charge in [0.25, 0.3) is 0 Å². The predicted molar refractivity (Wildman–Crippen MR) is 88.4 cm³/mol. The van der Waals surface area contributed by atoms with Crippen LogP contribution in [-0.2, 0) is 10.5 Å². The van der Waals surface area contributed by atoms with Crippen LogP contribution < -0.4 is 5.32 Å². The summed E-state index contributed by atoms with van der Waals surface area (Å²) in [5, 5.41) is 12.2. The van der Waals surface area contributed by atoms with E-state index in [4.69, 9.17) is 4.42 Å². The van der Waals surface area contributed by atoms with Gasteiger partial charge in [0.05, 0.1) is 12.9 Å². The van der Waals surface area contributed by atoms with E-state index in [2.05, 4.69) is 17.4 Å². The second-order valence-corrected chi connectivity index (χ2v) is 6.19. The smallest absolute Gasteiger partial charge is 0.224 e. The standard InChI is InChI=1S/C17H21NO3S/c1-13(11-22-12-14-6-3-2-4-7-14)17(20)18-15(10-19)16-8-5-9-21-16/h2-9,13,15,19H,10-12H2,1H3,(H,18,20). The molecular formula is C17H21NO3S. The second kappa shape index (κ2) is 8.66. The topological polar surface area (TPSA) is 62.5 Å². The number of carbonyl (C=O) groups excluding carboxylic acids is 1. The molecule has 1 aromatic carbocycles. The lowest BCUT2D eigenvalue weighted by Crippen LogP contribution is -2.35. The van der Waals surface area contributed by atoms with E-state index in [0.717, 1.165) is 11.5 Å². The molecule has 1 heterocycles. The van der Waals surface area contributed by atoms with Gasteiger partial charge in [-0.05, 0) is 17.7 Å². The van der Waals surface area contributed by atoms with Crippen LogP contribution in [0.5, 0.6) is 0 Å². The van der Waals surface area contributed by atoms with E-state index >= 15 is 0 Å². The van der Waals surface area contributed by atoms with Crippen LogP contribution in [-0.4, -0.2) is 23.4 Å². The zero-order valence-corrected chi connectivity index (χ0v) is 13.4. The van der Waals surface area contributed by atoms with E-state index in [1.807, 2.05) is 25.1 Å². The van der Waals surface area contributed by atoms with Crippen LogP contribution in [0.2, 0.25) is 0 Å². The molecule has 0 saturated carbocycles. The number of thioether (sulfide) groups is 1. The summed E-state index contributed by atoms with van der Waals surface area (Å²) in [4.78, 5) is 12.2. The number of carbonyl (C=O) groups is 1. The van der Waals surface area contributed by atoms with Gasteiger partial charge in [0, 0.05) is 17.4 Å². The van der Waals surface area contributed by atoms with E-state index in [0.29, 0.717) is 5.76 Å². The van der Waals surface area contributed by atoms with Crippen molar-refractivity contribution in [3.8, 4) is 0 Å². The number of rotatable bonds is 8. The summed E-state index contributed by atoms with van der Waals surface area (Å²) in [6, 6.07) is 13.2. The van der Waals surface area contributed by atoms with Crippen LogP contribution in [0.1, 0.15) is 24.3 Å². The summed E-state index contributed by atoms with van der Waals surface area (Å²) in [7, 11) is 0. The highest BCUT2D eigenvalue weighted by molar-refractivity contribution is 7.98. The highest BCUT2D eigenvalue weighted by Gasteiger charge is 2.20. The molecule has 2 aromatic rings. The van der Waals surface area contributed by atoms with Gasteiger partial charge < -0.3 is 14.8 Å². The molecule has 0 aliphatic carbocycles. The van der Waals surface area contributed by atoms with Gasteiger partial charge in [0.15, 0.2) is 0 Å². The van der Waals surface area contributed by atoms with Crippen LogP contribution >= 0.6 is 11.8 Å². The number of benzene rings is 1. The van der Waals surface area contributed by atoms with Crippen molar-refractivity contribution in [1.82, 2.24) is 5.32 Å². The normalized spacial score (nSPS) is 13.5. The van der Waals surface area contributed by atoms with Crippen LogP contribution in [0.3, 0.4) is 0 Å². The number of furan rings is 1. The van der Waals surface area contributed by atoms with Crippen LogP contribution in [0.15, 0.2) is 53.1 Å². The molecule has 0 aliphatic rings. The largest absolute Gasteiger partial charge is 0.467 e.